The molecule has 1 aromatic carbocycles. The van der Waals surface area contributed by atoms with Crippen LogP contribution >= 0.6 is 0 Å². The summed E-state index contributed by atoms with van der Waals surface area (Å²) >= 11 is 0. The van der Waals surface area contributed by atoms with E-state index in [9.17, 15) is 14.7 Å². The van der Waals surface area contributed by atoms with Gasteiger partial charge in [0.15, 0.2) is 0 Å². The van der Waals surface area contributed by atoms with Gasteiger partial charge in [-0.15, -0.1) is 0 Å². The average molecular weight is 373 g/mol. The van der Waals surface area contributed by atoms with Crippen LogP contribution in [0.2, 0.25) is 0 Å². The van der Waals surface area contributed by atoms with Crippen molar-refractivity contribution in [1.82, 2.24) is 15.1 Å². The molecule has 1 aliphatic carbocycles. The van der Waals surface area contributed by atoms with Crippen LogP contribution in [-0.4, -0.2) is 60.1 Å². The summed E-state index contributed by atoms with van der Waals surface area (Å²) in [7, 11) is 4.03. The number of carbonyl (C=O) groups excluding carboxylic acids is 1. The smallest absolute Gasteiger partial charge is 0.317 e. The lowest BCUT2D eigenvalue weighted by molar-refractivity contribution is -0.149. The van der Waals surface area contributed by atoms with E-state index in [0.717, 1.165) is 12.8 Å². The lowest BCUT2D eigenvalue weighted by Crippen LogP contribution is -2.48. The Kier molecular flexibility index (Phi) is 5.47. The molecule has 2 unspecified atom stereocenters. The normalized spacial score (nSPS) is 26.7. The van der Waals surface area contributed by atoms with Gasteiger partial charge < -0.3 is 20.2 Å². The van der Waals surface area contributed by atoms with E-state index < -0.39 is 11.4 Å². The molecule has 148 valence electrons. The van der Waals surface area contributed by atoms with Crippen molar-refractivity contribution in [2.75, 3.05) is 27.2 Å². The first-order valence-electron chi connectivity index (χ1n) is 9.77. The van der Waals surface area contributed by atoms with Gasteiger partial charge in [0.2, 0.25) is 0 Å². The van der Waals surface area contributed by atoms with E-state index in [0.29, 0.717) is 19.5 Å². The van der Waals surface area contributed by atoms with Crippen LogP contribution < -0.4 is 5.32 Å². The van der Waals surface area contributed by atoms with Crippen molar-refractivity contribution >= 4 is 12.0 Å². The monoisotopic (exact) mass is 373 g/mol. The molecular weight excluding hydrogens is 342 g/mol. The number of aliphatic carboxylic acids is 1. The number of amides is 2. The van der Waals surface area contributed by atoms with Gasteiger partial charge in [0, 0.05) is 19.1 Å². The van der Waals surface area contributed by atoms with Crippen molar-refractivity contribution < 1.29 is 14.7 Å². The number of carboxylic acids is 1. The predicted molar refractivity (Wildman–Crippen MR) is 105 cm³/mol. The van der Waals surface area contributed by atoms with Gasteiger partial charge in [-0.2, -0.15) is 0 Å². The molecular formula is C21H31N3O3. The SMILES string of the molecule is Cc1ccccc1C(C(C)NC(=O)N1C[C@@H]2CCC[C@@]2(C(=O)O)C1)N(C)C. The standard InChI is InChI=1S/C21H31N3O3/c1-14-8-5-6-10-17(14)18(23(3)4)15(2)22-20(27)24-12-16-9-7-11-21(16,13-24)19(25)26/h5-6,8,10,15-16,18H,7,9,11-13H2,1-4H3,(H,22,27)(H,25,26)/t15?,16-,18?,21+/m0/s1. The predicted octanol–water partition coefficient (Wildman–Crippen LogP) is 2.88. The number of fused-ring (bicyclic) bond motifs is 1. The molecule has 27 heavy (non-hydrogen) atoms. The summed E-state index contributed by atoms with van der Waals surface area (Å²) in [5.74, 6) is -0.670. The maximum Gasteiger partial charge on any atom is 0.317 e. The van der Waals surface area contributed by atoms with Gasteiger partial charge in [-0.3, -0.25) is 4.79 Å². The Labute approximate surface area is 161 Å². The lowest BCUT2D eigenvalue weighted by Gasteiger charge is -2.33. The Balaban J connectivity index is 1.72. The molecule has 0 aromatic heterocycles. The number of rotatable bonds is 5. The number of likely N-dealkylation sites (tertiary alicyclic amines) is 1. The molecule has 4 atom stereocenters. The Morgan fingerprint density at radius 1 is 1.33 bits per heavy atom. The van der Waals surface area contributed by atoms with Gasteiger partial charge in [0.25, 0.3) is 0 Å². The second-order valence-electron chi connectivity index (χ2n) is 8.43. The van der Waals surface area contributed by atoms with Crippen molar-refractivity contribution in [1.29, 1.82) is 0 Å². The number of carboxylic acid groups (broad SMARTS) is 1. The van der Waals surface area contributed by atoms with Crippen LogP contribution in [0.3, 0.4) is 0 Å². The fourth-order valence-corrected chi connectivity index (χ4v) is 5.07. The summed E-state index contributed by atoms with van der Waals surface area (Å²) in [5, 5.41) is 12.9. The van der Waals surface area contributed by atoms with E-state index in [1.165, 1.54) is 11.1 Å². The number of hydrogen-bond acceptors (Lipinski definition) is 3. The molecule has 6 heteroatoms. The largest absolute Gasteiger partial charge is 0.481 e. The molecule has 2 aliphatic rings. The Morgan fingerprint density at radius 3 is 2.63 bits per heavy atom. The van der Waals surface area contributed by atoms with Crippen LogP contribution in [0.4, 0.5) is 4.79 Å². The highest BCUT2D eigenvalue weighted by Gasteiger charge is 2.55. The van der Waals surface area contributed by atoms with Crippen LogP contribution in [0.5, 0.6) is 0 Å². The molecule has 1 heterocycles. The maximum absolute atomic E-state index is 12.9. The van der Waals surface area contributed by atoms with Crippen molar-refractivity contribution in [3.05, 3.63) is 35.4 Å². The van der Waals surface area contributed by atoms with Crippen molar-refractivity contribution in [2.24, 2.45) is 11.3 Å². The van der Waals surface area contributed by atoms with Crippen molar-refractivity contribution in [2.45, 2.75) is 45.2 Å². The van der Waals surface area contributed by atoms with E-state index in [1.54, 1.807) is 4.90 Å². The van der Waals surface area contributed by atoms with E-state index in [4.69, 9.17) is 0 Å². The van der Waals surface area contributed by atoms with Crippen molar-refractivity contribution in [3.8, 4) is 0 Å². The second kappa shape index (κ2) is 7.50. The molecule has 0 bridgehead atoms. The van der Waals surface area contributed by atoms with Gasteiger partial charge in [-0.25, -0.2) is 4.79 Å². The van der Waals surface area contributed by atoms with Gasteiger partial charge in [-0.1, -0.05) is 30.7 Å². The van der Waals surface area contributed by atoms with E-state index in [-0.39, 0.29) is 24.0 Å². The molecule has 0 spiro atoms. The van der Waals surface area contributed by atoms with Crippen LogP contribution in [0, 0.1) is 18.3 Å². The highest BCUT2D eigenvalue weighted by atomic mass is 16.4. The summed E-state index contributed by atoms with van der Waals surface area (Å²) < 4.78 is 0. The summed E-state index contributed by atoms with van der Waals surface area (Å²) in [6.45, 7) is 4.96. The number of aryl methyl sites for hydroxylation is 1. The number of nitrogens with one attached hydrogen (secondary N) is 1. The Morgan fingerprint density at radius 2 is 2.04 bits per heavy atom. The van der Waals surface area contributed by atoms with E-state index >= 15 is 0 Å². The third kappa shape index (κ3) is 3.55. The molecule has 6 nitrogen and oxygen atoms in total. The van der Waals surface area contributed by atoms with Gasteiger partial charge >= 0.3 is 12.0 Å². The maximum atomic E-state index is 12.9. The molecule has 1 aliphatic heterocycles. The summed E-state index contributed by atoms with van der Waals surface area (Å²) in [4.78, 5) is 28.6. The van der Waals surface area contributed by atoms with Crippen LogP contribution in [0.15, 0.2) is 24.3 Å². The fourth-order valence-electron chi connectivity index (χ4n) is 5.07. The molecule has 3 rings (SSSR count). The third-order valence-electron chi connectivity index (χ3n) is 6.47. The quantitative estimate of drug-likeness (QED) is 0.832. The minimum absolute atomic E-state index is 0.0469. The van der Waals surface area contributed by atoms with Gasteiger partial charge in [0.05, 0.1) is 11.5 Å². The van der Waals surface area contributed by atoms with E-state index in [2.05, 4.69) is 29.3 Å². The summed E-state index contributed by atoms with van der Waals surface area (Å²) in [6, 6.07) is 8.01. The van der Waals surface area contributed by atoms with Crippen LogP contribution in [-0.2, 0) is 4.79 Å². The van der Waals surface area contributed by atoms with E-state index in [1.807, 2.05) is 33.2 Å². The number of benzene rings is 1. The van der Waals surface area contributed by atoms with Gasteiger partial charge in [0.1, 0.15) is 0 Å². The Bertz CT molecular complexity index is 720. The number of hydrogen-bond donors (Lipinski definition) is 2. The Hall–Kier alpha value is -2.08. The molecule has 1 saturated carbocycles. The zero-order valence-electron chi connectivity index (χ0n) is 16.7. The highest BCUT2D eigenvalue weighted by Crippen LogP contribution is 2.48. The van der Waals surface area contributed by atoms with Gasteiger partial charge in [-0.05, 0) is 57.8 Å². The molecule has 2 amide bonds. The first-order chi connectivity index (χ1) is 12.8. The molecule has 1 saturated heterocycles. The number of likely N-dealkylation sites (N-methyl/N-ethyl adjacent to an activating group) is 1. The topological polar surface area (TPSA) is 72.9 Å². The second-order valence-corrected chi connectivity index (χ2v) is 8.43. The summed E-state index contributed by atoms with van der Waals surface area (Å²) in [5.41, 5.74) is 1.64. The minimum Gasteiger partial charge on any atom is -0.481 e. The minimum atomic E-state index is -0.751. The van der Waals surface area contributed by atoms with Crippen LogP contribution in [0.1, 0.15) is 43.4 Å². The number of urea groups is 1. The zero-order valence-corrected chi connectivity index (χ0v) is 16.7. The molecule has 1 aromatic rings. The first-order valence-corrected chi connectivity index (χ1v) is 9.77. The number of carbonyl (C=O) groups is 2. The molecule has 0 radical (unpaired) electrons. The first kappa shape index (κ1) is 19.7. The zero-order chi connectivity index (χ0) is 19.8. The molecule has 2 fully saturated rings. The van der Waals surface area contributed by atoms with Crippen molar-refractivity contribution in [3.63, 3.8) is 0 Å². The summed E-state index contributed by atoms with van der Waals surface area (Å²) in [6.07, 6.45) is 2.52. The third-order valence-corrected chi connectivity index (χ3v) is 6.47. The fraction of sp³-hybridized carbons (Fsp3) is 0.619. The van der Waals surface area contributed by atoms with Crippen LogP contribution in [0.25, 0.3) is 0 Å². The molecule has 2 N–H and O–H groups in total. The lowest BCUT2D eigenvalue weighted by atomic mass is 9.81. The highest BCUT2D eigenvalue weighted by molar-refractivity contribution is 5.80. The number of nitrogens with zero attached hydrogens (tertiary/aromatic N) is 2. The average Bonchev–Trinajstić information content (AvgIpc) is 3.14.